The summed E-state index contributed by atoms with van der Waals surface area (Å²) in [7, 11) is 3.97. The normalized spacial score (nSPS) is 14.8. The van der Waals surface area contributed by atoms with Crippen LogP contribution >= 0.6 is 0 Å². The van der Waals surface area contributed by atoms with Crippen LogP contribution in [0.5, 0.6) is 0 Å². The third-order valence-corrected chi connectivity index (χ3v) is 4.23. The Morgan fingerprint density at radius 1 is 1.12 bits per heavy atom. The van der Waals surface area contributed by atoms with Crippen molar-refractivity contribution in [1.29, 1.82) is 0 Å². The molecule has 0 saturated carbocycles. The Morgan fingerprint density at radius 2 is 1.79 bits per heavy atom. The number of carbonyl (C=O) groups is 1. The molecule has 0 bridgehead atoms. The van der Waals surface area contributed by atoms with Crippen LogP contribution in [-0.4, -0.2) is 61.3 Å². The summed E-state index contributed by atoms with van der Waals surface area (Å²) >= 11 is 0. The molecule has 7 heteroatoms. The maximum Gasteiger partial charge on any atom is 0.318 e. The van der Waals surface area contributed by atoms with Crippen molar-refractivity contribution < 1.29 is 9.21 Å². The quantitative estimate of drug-likeness (QED) is 0.850. The van der Waals surface area contributed by atoms with E-state index in [9.17, 15) is 4.79 Å². The van der Waals surface area contributed by atoms with Crippen LogP contribution in [0.2, 0.25) is 0 Å². The van der Waals surface area contributed by atoms with Crippen molar-refractivity contribution in [1.82, 2.24) is 15.1 Å². The van der Waals surface area contributed by atoms with E-state index in [0.29, 0.717) is 38.1 Å². The van der Waals surface area contributed by atoms with Crippen molar-refractivity contribution in [3.05, 3.63) is 35.7 Å². The van der Waals surface area contributed by atoms with Gasteiger partial charge < -0.3 is 19.1 Å². The van der Waals surface area contributed by atoms with Gasteiger partial charge >= 0.3 is 6.01 Å². The first-order chi connectivity index (χ1) is 11.6. The summed E-state index contributed by atoms with van der Waals surface area (Å²) in [6.07, 6.45) is 0.731. The van der Waals surface area contributed by atoms with E-state index in [2.05, 4.69) is 10.2 Å². The van der Waals surface area contributed by atoms with Crippen molar-refractivity contribution in [3.63, 3.8) is 0 Å². The fourth-order valence-corrected chi connectivity index (χ4v) is 2.70. The number of carbonyl (C=O) groups excluding carboxylic acids is 1. The van der Waals surface area contributed by atoms with E-state index in [-0.39, 0.29) is 5.91 Å². The highest BCUT2D eigenvalue weighted by molar-refractivity contribution is 5.94. The van der Waals surface area contributed by atoms with Gasteiger partial charge in [-0.05, 0) is 24.3 Å². The molecule has 1 saturated heterocycles. The second kappa shape index (κ2) is 6.90. The van der Waals surface area contributed by atoms with Crippen molar-refractivity contribution in [3.8, 4) is 0 Å². The first-order valence-electron chi connectivity index (χ1n) is 8.22. The summed E-state index contributed by atoms with van der Waals surface area (Å²) in [6, 6.07) is 8.25. The molecular weight excluding hydrogens is 306 g/mol. The summed E-state index contributed by atoms with van der Waals surface area (Å²) in [6.45, 7) is 4.69. The lowest BCUT2D eigenvalue weighted by Crippen LogP contribution is -2.48. The molecule has 7 nitrogen and oxygen atoms in total. The molecule has 2 heterocycles. The van der Waals surface area contributed by atoms with Crippen LogP contribution in [0.3, 0.4) is 0 Å². The molecule has 1 aromatic heterocycles. The molecular formula is C17H23N5O2. The first-order valence-corrected chi connectivity index (χ1v) is 8.22. The molecule has 1 fully saturated rings. The van der Waals surface area contributed by atoms with Gasteiger partial charge in [-0.1, -0.05) is 12.0 Å². The predicted molar refractivity (Wildman–Crippen MR) is 92.6 cm³/mol. The average Bonchev–Trinajstić information content (AvgIpc) is 3.10. The molecule has 2 aromatic rings. The number of amides is 1. The van der Waals surface area contributed by atoms with Gasteiger partial charge in [0.2, 0.25) is 5.89 Å². The lowest BCUT2D eigenvalue weighted by atomic mass is 10.1. The van der Waals surface area contributed by atoms with Gasteiger partial charge in [0.05, 0.1) is 0 Å². The maximum absolute atomic E-state index is 12.6. The number of benzene rings is 1. The van der Waals surface area contributed by atoms with Gasteiger partial charge in [0.1, 0.15) is 0 Å². The van der Waals surface area contributed by atoms with E-state index in [1.165, 1.54) is 0 Å². The highest BCUT2D eigenvalue weighted by atomic mass is 16.4. The molecule has 1 aromatic carbocycles. The van der Waals surface area contributed by atoms with Crippen LogP contribution in [0.4, 0.5) is 11.7 Å². The summed E-state index contributed by atoms with van der Waals surface area (Å²) in [5, 5.41) is 8.06. The Hall–Kier alpha value is -2.57. The van der Waals surface area contributed by atoms with Crippen molar-refractivity contribution in [2.45, 2.75) is 13.3 Å². The highest BCUT2D eigenvalue weighted by Crippen LogP contribution is 2.18. The second-order valence-corrected chi connectivity index (χ2v) is 6.05. The Balaban J connectivity index is 1.60. The van der Waals surface area contributed by atoms with Gasteiger partial charge in [-0.15, -0.1) is 5.10 Å². The minimum absolute atomic E-state index is 0.0692. The van der Waals surface area contributed by atoms with Crippen molar-refractivity contribution in [2.24, 2.45) is 0 Å². The topological polar surface area (TPSA) is 65.7 Å². The van der Waals surface area contributed by atoms with Crippen LogP contribution in [0.1, 0.15) is 23.2 Å². The standard InChI is InChI=1S/C17H23N5O2/c1-4-15-18-19-17(24-15)22-11-9-21(10-12-22)16(23)13-5-7-14(8-6-13)20(2)3/h5-8H,4,9-12H2,1-3H3. The molecule has 1 amide bonds. The lowest BCUT2D eigenvalue weighted by molar-refractivity contribution is 0.0745. The third kappa shape index (κ3) is 3.34. The lowest BCUT2D eigenvalue weighted by Gasteiger charge is -2.33. The van der Waals surface area contributed by atoms with Gasteiger partial charge in [-0.25, -0.2) is 0 Å². The molecule has 0 spiro atoms. The Labute approximate surface area is 141 Å². The molecule has 0 atom stereocenters. The first kappa shape index (κ1) is 16.3. The number of aromatic nitrogens is 2. The zero-order valence-corrected chi connectivity index (χ0v) is 14.4. The SMILES string of the molecule is CCc1nnc(N2CCN(C(=O)c3ccc(N(C)C)cc3)CC2)o1. The van der Waals surface area contributed by atoms with Crippen molar-refractivity contribution in [2.75, 3.05) is 50.1 Å². The van der Waals surface area contributed by atoms with E-state index in [1.54, 1.807) is 0 Å². The predicted octanol–water partition coefficient (Wildman–Crippen LogP) is 1.66. The zero-order chi connectivity index (χ0) is 17.1. The fraction of sp³-hybridized carbons (Fsp3) is 0.471. The molecule has 0 aliphatic carbocycles. The minimum Gasteiger partial charge on any atom is -0.408 e. The van der Waals surface area contributed by atoms with Gasteiger partial charge in [0.15, 0.2) is 0 Å². The molecule has 128 valence electrons. The van der Waals surface area contributed by atoms with Gasteiger partial charge in [0.25, 0.3) is 5.91 Å². The minimum atomic E-state index is 0.0692. The number of hydrogen-bond donors (Lipinski definition) is 0. The van der Waals surface area contributed by atoms with Crippen LogP contribution < -0.4 is 9.80 Å². The van der Waals surface area contributed by atoms with Gasteiger partial charge in [-0.2, -0.15) is 0 Å². The Kier molecular flexibility index (Phi) is 4.69. The highest BCUT2D eigenvalue weighted by Gasteiger charge is 2.24. The van der Waals surface area contributed by atoms with Crippen molar-refractivity contribution >= 4 is 17.6 Å². The second-order valence-electron chi connectivity index (χ2n) is 6.05. The average molecular weight is 329 g/mol. The van der Waals surface area contributed by atoms with E-state index in [4.69, 9.17) is 4.42 Å². The molecule has 24 heavy (non-hydrogen) atoms. The van der Waals surface area contributed by atoms with Crippen LogP contribution in [0, 0.1) is 0 Å². The van der Waals surface area contributed by atoms with Crippen LogP contribution in [0.15, 0.2) is 28.7 Å². The molecule has 3 rings (SSSR count). The summed E-state index contributed by atoms with van der Waals surface area (Å²) in [5.74, 6) is 0.712. The number of piperazine rings is 1. The smallest absolute Gasteiger partial charge is 0.318 e. The van der Waals surface area contributed by atoms with Gasteiger partial charge in [-0.3, -0.25) is 4.79 Å². The number of aryl methyl sites for hydroxylation is 1. The van der Waals surface area contributed by atoms with E-state index < -0.39 is 0 Å². The van der Waals surface area contributed by atoms with E-state index in [1.807, 2.05) is 60.0 Å². The van der Waals surface area contributed by atoms with Crippen LogP contribution in [-0.2, 0) is 6.42 Å². The summed E-state index contributed by atoms with van der Waals surface area (Å²) in [4.78, 5) is 18.5. The molecule has 0 N–H and O–H groups in total. The summed E-state index contributed by atoms with van der Waals surface area (Å²) in [5.41, 5.74) is 1.81. The number of hydrogen-bond acceptors (Lipinski definition) is 6. The monoisotopic (exact) mass is 329 g/mol. The summed E-state index contributed by atoms with van der Waals surface area (Å²) < 4.78 is 5.58. The van der Waals surface area contributed by atoms with E-state index in [0.717, 1.165) is 17.7 Å². The van der Waals surface area contributed by atoms with Crippen LogP contribution in [0.25, 0.3) is 0 Å². The largest absolute Gasteiger partial charge is 0.408 e. The zero-order valence-electron chi connectivity index (χ0n) is 14.4. The third-order valence-electron chi connectivity index (χ3n) is 4.23. The number of anilines is 2. The Bertz CT molecular complexity index is 687. The number of rotatable bonds is 4. The molecule has 0 radical (unpaired) electrons. The fourth-order valence-electron chi connectivity index (χ4n) is 2.70. The van der Waals surface area contributed by atoms with E-state index >= 15 is 0 Å². The molecule has 1 aliphatic rings. The number of nitrogens with zero attached hydrogens (tertiary/aromatic N) is 5. The molecule has 0 unspecified atom stereocenters. The molecule has 1 aliphatic heterocycles. The van der Waals surface area contributed by atoms with Gasteiger partial charge in [0, 0.05) is 57.9 Å². The maximum atomic E-state index is 12.6. The Morgan fingerprint density at radius 3 is 2.33 bits per heavy atom.